The maximum atomic E-state index is 10.6. The normalized spacial score (nSPS) is 15.0. The van der Waals surface area contributed by atoms with E-state index in [0.717, 1.165) is 0 Å². The van der Waals surface area contributed by atoms with E-state index in [1.54, 1.807) is 0 Å². The highest BCUT2D eigenvalue weighted by Crippen LogP contribution is 2.27. The number of benzene rings is 1. The molecule has 8 nitrogen and oxygen atoms in total. The second-order valence-electron chi connectivity index (χ2n) is 4.97. The number of nitro benzene ring substituents is 1. The molecule has 120 valence electrons. The first-order valence-corrected chi connectivity index (χ1v) is 6.85. The van der Waals surface area contributed by atoms with E-state index >= 15 is 0 Å². The number of carbonyl (C=O) groups is 1. The van der Waals surface area contributed by atoms with Gasteiger partial charge in [-0.05, 0) is 25.2 Å². The molecule has 22 heavy (non-hydrogen) atoms. The van der Waals surface area contributed by atoms with Crippen molar-refractivity contribution in [3.05, 3.63) is 33.3 Å². The molecule has 0 radical (unpaired) electrons. The fourth-order valence-electron chi connectivity index (χ4n) is 1.88. The fourth-order valence-corrected chi connectivity index (χ4v) is 2.34. The SMILES string of the molecule is CC1(N)CN(C(=S)Nc2ccc([N+](=O)[O-])cc2Cl)C1.O=CO. The van der Waals surface area contributed by atoms with Crippen LogP contribution in [0.2, 0.25) is 5.02 Å². The van der Waals surface area contributed by atoms with Crippen LogP contribution in [-0.2, 0) is 4.79 Å². The molecule has 0 saturated carbocycles. The van der Waals surface area contributed by atoms with Crippen LogP contribution in [0.1, 0.15) is 6.92 Å². The molecule has 0 aliphatic carbocycles. The highest BCUT2D eigenvalue weighted by Gasteiger charge is 2.36. The molecule has 1 saturated heterocycles. The quantitative estimate of drug-likeness (QED) is 0.320. The van der Waals surface area contributed by atoms with E-state index in [-0.39, 0.29) is 22.7 Å². The van der Waals surface area contributed by atoms with Gasteiger partial charge in [-0.3, -0.25) is 14.9 Å². The summed E-state index contributed by atoms with van der Waals surface area (Å²) in [5.74, 6) is 0. The molecule has 0 unspecified atom stereocenters. The van der Waals surface area contributed by atoms with Crippen molar-refractivity contribution >= 4 is 46.8 Å². The number of rotatable bonds is 2. The van der Waals surface area contributed by atoms with Crippen molar-refractivity contribution < 1.29 is 14.8 Å². The van der Waals surface area contributed by atoms with Gasteiger partial charge in [0.2, 0.25) is 0 Å². The number of thiocarbonyl (C=S) groups is 1. The third-order valence-electron chi connectivity index (χ3n) is 2.80. The molecule has 1 aliphatic heterocycles. The first-order valence-electron chi connectivity index (χ1n) is 6.07. The summed E-state index contributed by atoms with van der Waals surface area (Å²) in [6, 6.07) is 4.20. The van der Waals surface area contributed by atoms with Crippen LogP contribution >= 0.6 is 23.8 Å². The Bertz CT molecular complexity index is 588. The Balaban J connectivity index is 0.000000745. The van der Waals surface area contributed by atoms with Crippen LogP contribution in [0.15, 0.2) is 18.2 Å². The van der Waals surface area contributed by atoms with Gasteiger partial charge in [-0.25, -0.2) is 0 Å². The summed E-state index contributed by atoms with van der Waals surface area (Å²) in [6.07, 6.45) is 0. The third-order valence-corrected chi connectivity index (χ3v) is 3.47. The van der Waals surface area contributed by atoms with Gasteiger partial charge in [0.25, 0.3) is 12.2 Å². The van der Waals surface area contributed by atoms with Gasteiger partial charge >= 0.3 is 0 Å². The lowest BCUT2D eigenvalue weighted by molar-refractivity contribution is -0.384. The Morgan fingerprint density at radius 2 is 2.18 bits per heavy atom. The van der Waals surface area contributed by atoms with Gasteiger partial charge in [-0.15, -0.1) is 0 Å². The number of nitrogens with zero attached hydrogens (tertiary/aromatic N) is 2. The van der Waals surface area contributed by atoms with Crippen molar-refractivity contribution in [1.29, 1.82) is 0 Å². The number of halogens is 1. The maximum Gasteiger partial charge on any atom is 0.290 e. The summed E-state index contributed by atoms with van der Waals surface area (Å²) in [5.41, 5.74) is 6.17. The molecule has 1 aliphatic rings. The Morgan fingerprint density at radius 1 is 1.64 bits per heavy atom. The van der Waals surface area contributed by atoms with Gasteiger partial charge in [-0.2, -0.15) is 0 Å². The monoisotopic (exact) mass is 346 g/mol. The highest BCUT2D eigenvalue weighted by atomic mass is 35.5. The Hall–Kier alpha value is -1.97. The molecule has 0 aromatic heterocycles. The minimum atomic E-state index is -0.497. The molecule has 0 amide bonds. The van der Waals surface area contributed by atoms with E-state index in [1.807, 2.05) is 11.8 Å². The van der Waals surface area contributed by atoms with Crippen molar-refractivity contribution in [3.8, 4) is 0 Å². The lowest BCUT2D eigenvalue weighted by Gasteiger charge is -2.46. The van der Waals surface area contributed by atoms with E-state index in [2.05, 4.69) is 5.32 Å². The van der Waals surface area contributed by atoms with E-state index in [4.69, 9.17) is 39.5 Å². The van der Waals surface area contributed by atoms with Crippen LogP contribution in [0, 0.1) is 10.1 Å². The van der Waals surface area contributed by atoms with Crippen LogP contribution in [0.3, 0.4) is 0 Å². The summed E-state index contributed by atoms with van der Waals surface area (Å²) >= 11 is 11.2. The molecule has 1 aromatic carbocycles. The largest absolute Gasteiger partial charge is 0.483 e. The summed E-state index contributed by atoms with van der Waals surface area (Å²) < 4.78 is 0. The molecule has 0 bridgehead atoms. The van der Waals surface area contributed by atoms with Gasteiger partial charge in [0.15, 0.2) is 5.11 Å². The number of hydrogen-bond donors (Lipinski definition) is 3. The number of non-ortho nitro benzene ring substituents is 1. The van der Waals surface area contributed by atoms with Crippen molar-refractivity contribution in [3.63, 3.8) is 0 Å². The number of likely N-dealkylation sites (tertiary alicyclic amines) is 1. The smallest absolute Gasteiger partial charge is 0.290 e. The third kappa shape index (κ3) is 4.79. The molecular weight excluding hydrogens is 332 g/mol. The summed E-state index contributed by atoms with van der Waals surface area (Å²) in [5, 5.41) is 21.2. The zero-order valence-electron chi connectivity index (χ0n) is 11.7. The first-order chi connectivity index (χ1) is 10.2. The minimum Gasteiger partial charge on any atom is -0.483 e. The zero-order valence-corrected chi connectivity index (χ0v) is 13.2. The van der Waals surface area contributed by atoms with Crippen molar-refractivity contribution in [2.75, 3.05) is 18.4 Å². The molecule has 1 heterocycles. The van der Waals surface area contributed by atoms with Crippen LogP contribution in [-0.4, -0.2) is 45.1 Å². The molecule has 4 N–H and O–H groups in total. The molecule has 1 fully saturated rings. The average Bonchev–Trinajstić information content (AvgIpc) is 2.38. The molecule has 0 spiro atoms. The number of carboxylic acid groups (broad SMARTS) is 1. The maximum absolute atomic E-state index is 10.6. The number of nitro groups is 1. The van der Waals surface area contributed by atoms with Gasteiger partial charge < -0.3 is 21.1 Å². The molecule has 0 atom stereocenters. The fraction of sp³-hybridized carbons (Fsp3) is 0.333. The van der Waals surface area contributed by atoms with Crippen LogP contribution in [0.4, 0.5) is 11.4 Å². The zero-order chi connectivity index (χ0) is 16.9. The molecule has 2 rings (SSSR count). The van der Waals surface area contributed by atoms with E-state index < -0.39 is 4.92 Å². The summed E-state index contributed by atoms with van der Waals surface area (Å²) in [7, 11) is 0. The van der Waals surface area contributed by atoms with Crippen molar-refractivity contribution in [1.82, 2.24) is 4.90 Å². The van der Waals surface area contributed by atoms with Gasteiger partial charge in [0.05, 0.1) is 15.6 Å². The molecular formula is C12H15ClN4O4S. The lowest BCUT2D eigenvalue weighted by Crippen LogP contribution is -2.67. The minimum absolute atomic E-state index is 0.0556. The Kier molecular flexibility index (Phi) is 6.03. The predicted molar refractivity (Wildman–Crippen MR) is 87.2 cm³/mol. The molecule has 1 aromatic rings. The van der Waals surface area contributed by atoms with Crippen LogP contribution < -0.4 is 11.1 Å². The standard InChI is InChI=1S/C11H13ClN4O2S.CH2O2/c1-11(13)5-15(6-11)10(19)14-9-3-2-7(16(17)18)4-8(9)12;2-1-3/h2-4H,5-6,13H2,1H3,(H,14,19);1H,(H,2,3). The highest BCUT2D eigenvalue weighted by molar-refractivity contribution is 7.80. The van der Waals surface area contributed by atoms with Gasteiger partial charge in [0, 0.05) is 30.8 Å². The second-order valence-corrected chi connectivity index (χ2v) is 5.76. The van der Waals surface area contributed by atoms with E-state index in [1.165, 1.54) is 18.2 Å². The Morgan fingerprint density at radius 3 is 2.59 bits per heavy atom. The van der Waals surface area contributed by atoms with E-state index in [9.17, 15) is 10.1 Å². The van der Waals surface area contributed by atoms with Gasteiger partial charge in [0.1, 0.15) is 0 Å². The topological polar surface area (TPSA) is 122 Å². The van der Waals surface area contributed by atoms with Crippen LogP contribution in [0.5, 0.6) is 0 Å². The summed E-state index contributed by atoms with van der Waals surface area (Å²) in [4.78, 5) is 20.4. The second kappa shape index (κ2) is 7.34. The number of nitrogens with two attached hydrogens (primary N) is 1. The number of hydrogen-bond acceptors (Lipinski definition) is 5. The van der Waals surface area contributed by atoms with Gasteiger partial charge in [-0.1, -0.05) is 11.6 Å². The lowest BCUT2D eigenvalue weighted by atomic mass is 9.94. The number of nitrogens with one attached hydrogen (secondary N) is 1. The van der Waals surface area contributed by atoms with Crippen molar-refractivity contribution in [2.24, 2.45) is 5.73 Å². The Labute approximate surface area is 137 Å². The summed E-state index contributed by atoms with van der Waals surface area (Å²) in [6.45, 7) is 3.04. The van der Waals surface area contributed by atoms with Crippen molar-refractivity contribution in [2.45, 2.75) is 12.5 Å². The average molecular weight is 347 g/mol. The van der Waals surface area contributed by atoms with Crippen LogP contribution in [0.25, 0.3) is 0 Å². The predicted octanol–water partition coefficient (Wildman–Crippen LogP) is 1.68. The molecule has 10 heteroatoms. The number of anilines is 1. The van der Waals surface area contributed by atoms with E-state index in [0.29, 0.717) is 23.9 Å². The first kappa shape index (κ1) is 18.1.